The monoisotopic (exact) mass is 437 g/mol. The van der Waals surface area contributed by atoms with Gasteiger partial charge in [-0.05, 0) is 24.6 Å². The van der Waals surface area contributed by atoms with Gasteiger partial charge in [-0.1, -0.05) is 12.1 Å². The smallest absolute Gasteiger partial charge is 0.280 e. The second-order valence-corrected chi connectivity index (χ2v) is 8.34. The van der Waals surface area contributed by atoms with E-state index in [-0.39, 0.29) is 11.8 Å². The Morgan fingerprint density at radius 2 is 1.90 bits per heavy atom. The number of aromatic nitrogens is 3. The summed E-state index contributed by atoms with van der Waals surface area (Å²) in [6.45, 7) is 3.36. The van der Waals surface area contributed by atoms with Crippen molar-refractivity contribution in [3.63, 3.8) is 0 Å². The van der Waals surface area contributed by atoms with E-state index in [1.807, 2.05) is 31.2 Å². The number of thiazole rings is 1. The van der Waals surface area contributed by atoms with Crippen molar-refractivity contribution in [1.82, 2.24) is 25.2 Å². The molecule has 3 heterocycles. The zero-order valence-corrected chi connectivity index (χ0v) is 18.2. The number of ether oxygens (including phenoxy) is 1. The molecular weight excluding hydrogens is 414 g/mol. The molecule has 4 rings (SSSR count). The van der Waals surface area contributed by atoms with Crippen molar-refractivity contribution in [1.29, 1.82) is 0 Å². The van der Waals surface area contributed by atoms with Crippen molar-refractivity contribution in [3.05, 3.63) is 69.2 Å². The molecule has 0 spiro atoms. The highest BCUT2D eigenvalue weighted by Gasteiger charge is 2.24. The highest BCUT2D eigenvalue weighted by molar-refractivity contribution is 7.13. The number of hydrogen-bond acceptors (Lipinski definition) is 7. The summed E-state index contributed by atoms with van der Waals surface area (Å²) in [5.74, 6) is 0.470. The van der Waals surface area contributed by atoms with Crippen LogP contribution in [0.25, 0.3) is 0 Å². The van der Waals surface area contributed by atoms with Crippen molar-refractivity contribution in [2.45, 2.75) is 26.3 Å². The molecule has 0 saturated carbocycles. The summed E-state index contributed by atoms with van der Waals surface area (Å²) in [5.41, 5.74) is 3.00. The van der Waals surface area contributed by atoms with Gasteiger partial charge in [0.05, 0.1) is 24.7 Å². The lowest BCUT2D eigenvalue weighted by molar-refractivity contribution is 0.0756. The van der Waals surface area contributed by atoms with Gasteiger partial charge in [0.1, 0.15) is 11.4 Å². The maximum atomic E-state index is 12.7. The molecule has 0 saturated heterocycles. The number of aryl methyl sites for hydroxylation is 1. The Balaban J connectivity index is 1.35. The van der Waals surface area contributed by atoms with Crippen molar-refractivity contribution in [2.24, 2.45) is 0 Å². The van der Waals surface area contributed by atoms with E-state index >= 15 is 0 Å². The Hall–Kier alpha value is -3.33. The first-order chi connectivity index (χ1) is 15.0. The van der Waals surface area contributed by atoms with E-state index < -0.39 is 0 Å². The Bertz CT molecular complexity index is 1050. The molecule has 0 unspecified atom stereocenters. The van der Waals surface area contributed by atoms with E-state index in [4.69, 9.17) is 4.74 Å². The molecule has 1 N–H and O–H groups in total. The summed E-state index contributed by atoms with van der Waals surface area (Å²) in [7, 11) is 1.62. The summed E-state index contributed by atoms with van der Waals surface area (Å²) < 4.78 is 5.15. The molecule has 2 aromatic heterocycles. The predicted octanol–water partition coefficient (Wildman–Crippen LogP) is 2.42. The topological polar surface area (TPSA) is 97.3 Å². The maximum Gasteiger partial charge on any atom is 0.280 e. The number of fused-ring (bicyclic) bond motifs is 1. The second-order valence-electron chi connectivity index (χ2n) is 7.25. The van der Waals surface area contributed by atoms with Gasteiger partial charge in [0, 0.05) is 43.5 Å². The summed E-state index contributed by atoms with van der Waals surface area (Å²) in [5, 5.41) is 3.38. The third-order valence-electron chi connectivity index (χ3n) is 5.10. The molecule has 9 heteroatoms. The molecule has 1 aromatic carbocycles. The van der Waals surface area contributed by atoms with Crippen LogP contribution in [0.1, 0.15) is 42.1 Å². The van der Waals surface area contributed by atoms with E-state index in [0.717, 1.165) is 27.6 Å². The van der Waals surface area contributed by atoms with E-state index in [1.54, 1.807) is 18.2 Å². The molecule has 0 bridgehead atoms. The second kappa shape index (κ2) is 9.22. The number of rotatable bonds is 5. The van der Waals surface area contributed by atoms with Crippen LogP contribution in [0.2, 0.25) is 0 Å². The SMILES string of the molecule is COc1ccc(CNC(=O)c2nc3c(s2)CCN(C(=O)c2cnc(C)cn2)CC3)cc1. The molecule has 0 fully saturated rings. The van der Waals surface area contributed by atoms with Gasteiger partial charge in [-0.15, -0.1) is 11.3 Å². The Morgan fingerprint density at radius 3 is 2.61 bits per heavy atom. The lowest BCUT2D eigenvalue weighted by Crippen LogP contribution is -2.34. The van der Waals surface area contributed by atoms with E-state index in [1.165, 1.54) is 17.5 Å². The maximum absolute atomic E-state index is 12.7. The molecule has 2 amide bonds. The average molecular weight is 438 g/mol. The van der Waals surface area contributed by atoms with Crippen LogP contribution in [0.3, 0.4) is 0 Å². The quantitative estimate of drug-likeness (QED) is 0.658. The lowest BCUT2D eigenvalue weighted by atomic mass is 10.2. The van der Waals surface area contributed by atoms with Crippen LogP contribution in [-0.2, 0) is 19.4 Å². The normalized spacial score (nSPS) is 13.3. The zero-order valence-electron chi connectivity index (χ0n) is 17.4. The minimum Gasteiger partial charge on any atom is -0.497 e. The Labute approximate surface area is 184 Å². The highest BCUT2D eigenvalue weighted by atomic mass is 32.1. The standard InChI is InChI=1S/C22H23N5O3S/c1-14-11-24-18(13-23-14)22(29)27-9-7-17-19(8-10-27)31-21(26-17)20(28)25-12-15-3-5-16(30-2)6-4-15/h3-6,11,13H,7-10,12H2,1-2H3,(H,25,28). The van der Waals surface area contributed by atoms with Crippen molar-refractivity contribution in [3.8, 4) is 5.75 Å². The van der Waals surface area contributed by atoms with Crippen LogP contribution in [-0.4, -0.2) is 51.9 Å². The van der Waals surface area contributed by atoms with Gasteiger partial charge < -0.3 is 15.0 Å². The largest absolute Gasteiger partial charge is 0.497 e. The van der Waals surface area contributed by atoms with Gasteiger partial charge in [0.15, 0.2) is 5.01 Å². The van der Waals surface area contributed by atoms with Gasteiger partial charge in [-0.2, -0.15) is 0 Å². The van der Waals surface area contributed by atoms with Crippen molar-refractivity contribution >= 4 is 23.2 Å². The first kappa shape index (κ1) is 20.9. The van der Waals surface area contributed by atoms with E-state index in [0.29, 0.717) is 43.2 Å². The number of methoxy groups -OCH3 is 1. The highest BCUT2D eigenvalue weighted by Crippen LogP contribution is 2.23. The summed E-state index contributed by atoms with van der Waals surface area (Å²) in [4.78, 5) is 41.0. The molecule has 31 heavy (non-hydrogen) atoms. The minimum atomic E-state index is -0.184. The first-order valence-electron chi connectivity index (χ1n) is 10.0. The van der Waals surface area contributed by atoms with E-state index in [9.17, 15) is 9.59 Å². The number of nitrogens with zero attached hydrogens (tertiary/aromatic N) is 4. The Kier molecular flexibility index (Phi) is 6.22. The third-order valence-corrected chi connectivity index (χ3v) is 6.26. The number of hydrogen-bond donors (Lipinski definition) is 1. The predicted molar refractivity (Wildman–Crippen MR) is 116 cm³/mol. The van der Waals surface area contributed by atoms with Gasteiger partial charge in [-0.3, -0.25) is 14.6 Å². The summed E-state index contributed by atoms with van der Waals surface area (Å²) in [6.07, 6.45) is 4.40. The number of nitrogens with one attached hydrogen (secondary N) is 1. The number of amides is 2. The molecule has 8 nitrogen and oxygen atoms in total. The van der Waals surface area contributed by atoms with Crippen molar-refractivity contribution in [2.75, 3.05) is 20.2 Å². The number of carbonyl (C=O) groups is 2. The average Bonchev–Trinajstić information content (AvgIpc) is 3.11. The number of carbonyl (C=O) groups excluding carboxylic acids is 2. The summed E-state index contributed by atoms with van der Waals surface area (Å²) >= 11 is 1.40. The first-order valence-corrected chi connectivity index (χ1v) is 10.8. The van der Waals surface area contributed by atoms with Crippen LogP contribution < -0.4 is 10.1 Å². The minimum absolute atomic E-state index is 0.125. The fraction of sp³-hybridized carbons (Fsp3) is 0.318. The molecule has 160 valence electrons. The van der Waals surface area contributed by atoms with Gasteiger partial charge >= 0.3 is 0 Å². The van der Waals surface area contributed by atoms with E-state index in [2.05, 4.69) is 20.3 Å². The lowest BCUT2D eigenvalue weighted by Gasteiger charge is -2.19. The molecular formula is C22H23N5O3S. The van der Waals surface area contributed by atoms with Gasteiger partial charge in [-0.25, -0.2) is 9.97 Å². The molecule has 1 aliphatic rings. The molecule has 0 radical (unpaired) electrons. The molecule has 1 aliphatic heterocycles. The zero-order chi connectivity index (χ0) is 21.8. The van der Waals surface area contributed by atoms with Crippen LogP contribution in [0.4, 0.5) is 0 Å². The van der Waals surface area contributed by atoms with Crippen LogP contribution in [0.5, 0.6) is 5.75 Å². The molecule has 0 atom stereocenters. The third kappa shape index (κ3) is 4.88. The van der Waals surface area contributed by atoms with Crippen molar-refractivity contribution < 1.29 is 14.3 Å². The van der Waals surface area contributed by atoms with Crippen LogP contribution in [0.15, 0.2) is 36.7 Å². The van der Waals surface area contributed by atoms with Crippen LogP contribution in [0, 0.1) is 6.92 Å². The fourth-order valence-electron chi connectivity index (χ4n) is 3.33. The fourth-order valence-corrected chi connectivity index (χ4v) is 4.34. The summed E-state index contributed by atoms with van der Waals surface area (Å²) in [6, 6.07) is 7.56. The Morgan fingerprint density at radius 1 is 1.13 bits per heavy atom. The van der Waals surface area contributed by atoms with Gasteiger partial charge in [0.25, 0.3) is 11.8 Å². The van der Waals surface area contributed by atoms with Gasteiger partial charge in [0.2, 0.25) is 0 Å². The molecule has 0 aliphatic carbocycles. The van der Waals surface area contributed by atoms with Crippen LogP contribution >= 0.6 is 11.3 Å². The number of benzene rings is 1. The molecule has 3 aromatic rings.